The van der Waals surface area contributed by atoms with Gasteiger partial charge in [-0.25, -0.2) is 9.59 Å². The molecule has 0 spiro atoms. The number of para-hydroxylation sites is 1. The predicted molar refractivity (Wildman–Crippen MR) is 115 cm³/mol. The summed E-state index contributed by atoms with van der Waals surface area (Å²) in [6.45, 7) is 11.3. The Hall–Kier alpha value is -2.58. The normalized spacial score (nSPS) is 25.1. The summed E-state index contributed by atoms with van der Waals surface area (Å²) < 4.78 is 28.6. The average Bonchev–Trinajstić information content (AvgIpc) is 2.69. The van der Waals surface area contributed by atoms with E-state index in [1.807, 2.05) is 30.3 Å². The Labute approximate surface area is 183 Å². The average molecular weight is 436 g/mol. The minimum Gasteiger partial charge on any atom is -0.485 e. The number of cyclic esters (lactones) is 1. The molecule has 0 aliphatic carbocycles. The fourth-order valence-electron chi connectivity index (χ4n) is 3.03. The van der Waals surface area contributed by atoms with E-state index >= 15 is 0 Å². The third-order valence-corrected chi connectivity index (χ3v) is 4.38. The van der Waals surface area contributed by atoms with Gasteiger partial charge in [0, 0.05) is 13.0 Å². The van der Waals surface area contributed by atoms with Gasteiger partial charge >= 0.3 is 12.1 Å². The van der Waals surface area contributed by atoms with Gasteiger partial charge in [-0.05, 0) is 39.8 Å². The minimum atomic E-state index is -0.899. The smallest absolute Gasteiger partial charge is 0.408 e. The number of carbonyl (C=O) groups is 2. The van der Waals surface area contributed by atoms with Crippen LogP contribution in [0.1, 0.15) is 34.1 Å². The second kappa shape index (κ2) is 11.7. The van der Waals surface area contributed by atoms with Crippen molar-refractivity contribution >= 4 is 12.1 Å². The maximum atomic E-state index is 12.8. The maximum absolute atomic E-state index is 12.8. The van der Waals surface area contributed by atoms with E-state index in [0.717, 1.165) is 0 Å². The van der Waals surface area contributed by atoms with Crippen molar-refractivity contribution in [1.29, 1.82) is 0 Å². The van der Waals surface area contributed by atoms with E-state index < -0.39 is 42.0 Å². The molecule has 31 heavy (non-hydrogen) atoms. The highest BCUT2D eigenvalue weighted by Gasteiger charge is 2.36. The van der Waals surface area contributed by atoms with Gasteiger partial charge in [-0.15, -0.1) is 6.58 Å². The van der Waals surface area contributed by atoms with Crippen molar-refractivity contribution in [3.05, 3.63) is 43.0 Å². The molecule has 0 radical (unpaired) electrons. The first-order chi connectivity index (χ1) is 14.7. The fourth-order valence-corrected chi connectivity index (χ4v) is 3.03. The molecule has 0 saturated carbocycles. The van der Waals surface area contributed by atoms with E-state index in [-0.39, 0.29) is 26.2 Å². The van der Waals surface area contributed by atoms with Crippen LogP contribution >= 0.6 is 0 Å². The van der Waals surface area contributed by atoms with Crippen LogP contribution in [0.5, 0.6) is 5.75 Å². The molecule has 172 valence electrons. The highest BCUT2D eigenvalue weighted by atomic mass is 16.6. The Morgan fingerprint density at radius 2 is 2.00 bits per heavy atom. The summed E-state index contributed by atoms with van der Waals surface area (Å²) in [6, 6.07) is 8.40. The van der Waals surface area contributed by atoms with Gasteiger partial charge in [0.2, 0.25) is 0 Å². The number of esters is 1. The molecule has 8 heteroatoms. The Bertz CT molecular complexity index is 716. The van der Waals surface area contributed by atoms with Crippen molar-refractivity contribution in [2.75, 3.05) is 19.8 Å². The summed E-state index contributed by atoms with van der Waals surface area (Å²) in [7, 11) is 0. The number of benzene rings is 1. The van der Waals surface area contributed by atoms with E-state index in [1.54, 1.807) is 33.8 Å². The summed E-state index contributed by atoms with van der Waals surface area (Å²) in [5, 5.41) is 2.57. The van der Waals surface area contributed by atoms with Crippen LogP contribution in [-0.4, -0.2) is 61.8 Å². The van der Waals surface area contributed by atoms with Crippen LogP contribution in [0.15, 0.2) is 43.0 Å². The standard InChI is InChI=1S/C23H33NO7/c1-6-13-28-20-16(2)29-21(25)18(24-22(26)31-23(3,4)5)12-14-27-15-19(20)30-17-10-8-7-9-11-17/h6-11,16,18-20H,1,12-15H2,2-5H3,(H,24,26)/t16-,18-,19-,20-/m0/s1. The van der Waals surface area contributed by atoms with Crippen molar-refractivity contribution in [2.24, 2.45) is 0 Å². The largest absolute Gasteiger partial charge is 0.485 e. The van der Waals surface area contributed by atoms with E-state index in [9.17, 15) is 9.59 Å². The molecule has 1 heterocycles. The Morgan fingerprint density at radius 1 is 1.29 bits per heavy atom. The molecule has 0 bridgehead atoms. The van der Waals surface area contributed by atoms with Gasteiger partial charge in [0.15, 0.2) is 6.10 Å². The summed E-state index contributed by atoms with van der Waals surface area (Å²) in [5.74, 6) is 0.0675. The summed E-state index contributed by atoms with van der Waals surface area (Å²) in [4.78, 5) is 24.9. The van der Waals surface area contributed by atoms with Crippen molar-refractivity contribution in [1.82, 2.24) is 5.32 Å². The van der Waals surface area contributed by atoms with Crippen LogP contribution in [0.2, 0.25) is 0 Å². The summed E-state index contributed by atoms with van der Waals surface area (Å²) in [5.41, 5.74) is -0.681. The first-order valence-corrected chi connectivity index (χ1v) is 10.4. The molecule has 1 aliphatic heterocycles. The lowest BCUT2D eigenvalue weighted by Crippen LogP contribution is -2.51. The highest BCUT2D eigenvalue weighted by molar-refractivity contribution is 5.81. The highest BCUT2D eigenvalue weighted by Crippen LogP contribution is 2.20. The molecule has 1 aliphatic rings. The molecule has 0 aromatic heterocycles. The van der Waals surface area contributed by atoms with Crippen LogP contribution in [-0.2, 0) is 23.7 Å². The molecule has 0 unspecified atom stereocenters. The van der Waals surface area contributed by atoms with Gasteiger partial charge in [0.05, 0.1) is 13.2 Å². The third-order valence-electron chi connectivity index (χ3n) is 4.38. The molecule has 4 atom stereocenters. The summed E-state index contributed by atoms with van der Waals surface area (Å²) in [6.07, 6.45) is -0.625. The molecule has 1 aromatic rings. The second-order valence-corrected chi connectivity index (χ2v) is 8.26. The molecular weight excluding hydrogens is 402 g/mol. The SMILES string of the molecule is C=CCO[C@H]1[C@H](C)OC(=O)[C@@H](NC(=O)OC(C)(C)C)CCOC[C@@H]1Oc1ccccc1. The van der Waals surface area contributed by atoms with E-state index in [2.05, 4.69) is 11.9 Å². The first-order valence-electron chi connectivity index (χ1n) is 10.4. The van der Waals surface area contributed by atoms with Crippen molar-refractivity contribution in [3.8, 4) is 5.75 Å². The van der Waals surface area contributed by atoms with Gasteiger partial charge in [0.25, 0.3) is 0 Å². The summed E-state index contributed by atoms with van der Waals surface area (Å²) >= 11 is 0. The van der Waals surface area contributed by atoms with Crippen LogP contribution < -0.4 is 10.1 Å². The lowest BCUT2D eigenvalue weighted by molar-refractivity contribution is -0.168. The fraction of sp³-hybridized carbons (Fsp3) is 0.565. The molecule has 2 rings (SSSR count). The minimum absolute atomic E-state index is 0.215. The van der Waals surface area contributed by atoms with Crippen LogP contribution in [0.3, 0.4) is 0 Å². The zero-order chi connectivity index (χ0) is 22.9. The number of rotatable bonds is 6. The lowest BCUT2D eigenvalue weighted by atomic mass is 10.1. The van der Waals surface area contributed by atoms with E-state index in [0.29, 0.717) is 5.75 Å². The molecule has 1 aromatic carbocycles. The van der Waals surface area contributed by atoms with Gasteiger partial charge in [-0.2, -0.15) is 0 Å². The number of nitrogens with one attached hydrogen (secondary N) is 1. The van der Waals surface area contributed by atoms with Crippen molar-refractivity contribution < 1.29 is 33.3 Å². The molecule has 1 N–H and O–H groups in total. The Balaban J connectivity index is 2.13. The van der Waals surface area contributed by atoms with Gasteiger partial charge in [-0.3, -0.25) is 0 Å². The van der Waals surface area contributed by atoms with Gasteiger partial charge < -0.3 is 29.0 Å². The Morgan fingerprint density at radius 3 is 2.65 bits per heavy atom. The zero-order valence-corrected chi connectivity index (χ0v) is 18.7. The van der Waals surface area contributed by atoms with Crippen LogP contribution in [0.4, 0.5) is 4.79 Å². The molecule has 8 nitrogen and oxygen atoms in total. The number of alkyl carbamates (subject to hydrolysis) is 1. The van der Waals surface area contributed by atoms with Gasteiger partial charge in [-0.1, -0.05) is 24.3 Å². The number of ether oxygens (including phenoxy) is 5. The molecule has 1 amide bonds. The molecular formula is C23H33NO7. The molecule has 1 fully saturated rings. The number of carbonyl (C=O) groups excluding carboxylic acids is 2. The molecule has 1 saturated heterocycles. The lowest BCUT2D eigenvalue weighted by Gasteiger charge is -2.33. The van der Waals surface area contributed by atoms with Crippen molar-refractivity contribution in [2.45, 2.75) is 64.1 Å². The predicted octanol–water partition coefficient (Wildman–Crippen LogP) is 3.25. The quantitative estimate of drug-likeness (QED) is 0.542. The second-order valence-electron chi connectivity index (χ2n) is 8.26. The maximum Gasteiger partial charge on any atom is 0.408 e. The monoisotopic (exact) mass is 435 g/mol. The Kier molecular flexibility index (Phi) is 9.33. The van der Waals surface area contributed by atoms with E-state index in [1.165, 1.54) is 0 Å². The third kappa shape index (κ3) is 8.59. The first kappa shape index (κ1) is 24.7. The topological polar surface area (TPSA) is 92.3 Å². The number of hydrogen-bond donors (Lipinski definition) is 1. The number of amides is 1. The van der Waals surface area contributed by atoms with Crippen molar-refractivity contribution in [3.63, 3.8) is 0 Å². The number of hydrogen-bond acceptors (Lipinski definition) is 7. The van der Waals surface area contributed by atoms with Gasteiger partial charge in [0.1, 0.15) is 29.6 Å². The zero-order valence-electron chi connectivity index (χ0n) is 18.7. The van der Waals surface area contributed by atoms with Crippen LogP contribution in [0, 0.1) is 0 Å². The van der Waals surface area contributed by atoms with Crippen LogP contribution in [0.25, 0.3) is 0 Å². The van der Waals surface area contributed by atoms with E-state index in [4.69, 9.17) is 23.7 Å².